The molecular weight excluding hydrogens is 271 g/mol. The lowest BCUT2D eigenvalue weighted by Crippen LogP contribution is -2.37. The van der Waals surface area contributed by atoms with Crippen LogP contribution in [0.4, 0.5) is 4.39 Å². The maximum atomic E-state index is 13.0. The molecule has 0 radical (unpaired) electrons. The van der Waals surface area contributed by atoms with Crippen molar-refractivity contribution < 1.29 is 14.0 Å². The van der Waals surface area contributed by atoms with E-state index in [4.69, 9.17) is 0 Å². The predicted molar refractivity (Wildman–Crippen MR) is 77.6 cm³/mol. The van der Waals surface area contributed by atoms with E-state index in [9.17, 15) is 14.0 Å². The molecule has 1 aromatic rings. The lowest BCUT2D eigenvalue weighted by molar-refractivity contribution is -0.128. The molecule has 2 N–H and O–H groups in total. The largest absolute Gasteiger partial charge is 0.352 e. The van der Waals surface area contributed by atoms with Gasteiger partial charge in [0.1, 0.15) is 5.82 Å². The summed E-state index contributed by atoms with van der Waals surface area (Å²) >= 11 is 0. The van der Waals surface area contributed by atoms with E-state index in [0.717, 1.165) is 11.1 Å². The lowest BCUT2D eigenvalue weighted by atomic mass is 9.73. The van der Waals surface area contributed by atoms with E-state index in [1.165, 1.54) is 12.1 Å². The van der Waals surface area contributed by atoms with Crippen LogP contribution in [0, 0.1) is 11.2 Å². The summed E-state index contributed by atoms with van der Waals surface area (Å²) in [5.74, 6) is -0.384. The van der Waals surface area contributed by atoms with Gasteiger partial charge >= 0.3 is 0 Å². The van der Waals surface area contributed by atoms with Gasteiger partial charge in [-0.05, 0) is 43.0 Å². The molecule has 2 amide bonds. The van der Waals surface area contributed by atoms with E-state index in [1.807, 2.05) is 13.8 Å². The quantitative estimate of drug-likeness (QED) is 0.791. The summed E-state index contributed by atoms with van der Waals surface area (Å²) in [4.78, 5) is 23.1. The number of carbonyl (C=O) groups is 2. The third-order valence-corrected chi connectivity index (χ3v) is 4.31. The highest BCUT2D eigenvalue weighted by molar-refractivity contribution is 5.89. The second-order valence-corrected chi connectivity index (χ2v) is 5.33. The molecular formula is C16H19FN2O2. The smallest absolute Gasteiger partial charge is 0.234 e. The van der Waals surface area contributed by atoms with Gasteiger partial charge in [0.05, 0.1) is 11.5 Å². The minimum absolute atomic E-state index is 0.0534. The zero-order valence-corrected chi connectivity index (χ0v) is 12.2. The highest BCUT2D eigenvalue weighted by Gasteiger charge is 2.43. The number of carbonyl (C=O) groups excluding carboxylic acids is 2. The van der Waals surface area contributed by atoms with E-state index in [0.29, 0.717) is 19.3 Å². The van der Waals surface area contributed by atoms with Crippen molar-refractivity contribution in [3.8, 4) is 0 Å². The topological polar surface area (TPSA) is 58.2 Å². The third kappa shape index (κ3) is 2.82. The Bertz CT molecular complexity index is 568. The van der Waals surface area contributed by atoms with E-state index < -0.39 is 5.41 Å². The molecule has 2 unspecified atom stereocenters. The molecule has 0 aromatic heterocycles. The summed E-state index contributed by atoms with van der Waals surface area (Å²) in [7, 11) is 0. The summed E-state index contributed by atoms with van der Waals surface area (Å²) in [5.41, 5.74) is 1.10. The molecule has 0 fully saturated rings. The van der Waals surface area contributed by atoms with Gasteiger partial charge in [0.25, 0.3) is 0 Å². The zero-order chi connectivity index (χ0) is 15.5. The minimum atomic E-state index is -0.630. The number of amides is 2. The van der Waals surface area contributed by atoms with Crippen molar-refractivity contribution in [1.29, 1.82) is 0 Å². The molecule has 0 saturated heterocycles. The molecule has 4 nitrogen and oxygen atoms in total. The molecule has 5 heteroatoms. The Balaban J connectivity index is 2.31. The summed E-state index contributed by atoms with van der Waals surface area (Å²) < 4.78 is 13.0. The monoisotopic (exact) mass is 290 g/mol. The zero-order valence-electron chi connectivity index (χ0n) is 12.2. The fourth-order valence-electron chi connectivity index (χ4n) is 2.87. The minimum Gasteiger partial charge on any atom is -0.352 e. The maximum absolute atomic E-state index is 13.0. The average molecular weight is 290 g/mol. The van der Waals surface area contributed by atoms with Crippen molar-refractivity contribution in [2.75, 3.05) is 0 Å². The van der Waals surface area contributed by atoms with Crippen LogP contribution in [0.5, 0.6) is 0 Å². The second kappa shape index (κ2) is 6.08. The highest BCUT2D eigenvalue weighted by Crippen LogP contribution is 2.42. The van der Waals surface area contributed by atoms with E-state index in [2.05, 4.69) is 10.6 Å². The second-order valence-electron chi connectivity index (χ2n) is 5.33. The lowest BCUT2D eigenvalue weighted by Gasteiger charge is -2.31. The molecule has 112 valence electrons. The number of benzene rings is 1. The van der Waals surface area contributed by atoms with E-state index >= 15 is 0 Å². The number of halogens is 1. The van der Waals surface area contributed by atoms with Crippen LogP contribution in [0.3, 0.4) is 0 Å². The number of hydrogen-bond acceptors (Lipinski definition) is 2. The molecule has 21 heavy (non-hydrogen) atoms. The molecule has 0 saturated carbocycles. The summed E-state index contributed by atoms with van der Waals surface area (Å²) in [6, 6.07) is 5.63. The van der Waals surface area contributed by atoms with Gasteiger partial charge in [-0.1, -0.05) is 19.1 Å². The van der Waals surface area contributed by atoms with Crippen LogP contribution in [0.25, 0.3) is 0 Å². The molecule has 0 bridgehead atoms. The molecule has 1 aliphatic rings. The van der Waals surface area contributed by atoms with Crippen molar-refractivity contribution in [1.82, 2.24) is 10.6 Å². The van der Waals surface area contributed by atoms with Gasteiger partial charge in [-0.3, -0.25) is 9.59 Å². The van der Waals surface area contributed by atoms with Crippen molar-refractivity contribution in [2.45, 2.75) is 32.7 Å². The van der Waals surface area contributed by atoms with Gasteiger partial charge in [0, 0.05) is 6.20 Å². The number of hydrogen-bond donors (Lipinski definition) is 2. The van der Waals surface area contributed by atoms with Gasteiger partial charge in [0.2, 0.25) is 12.3 Å². The van der Waals surface area contributed by atoms with Crippen LogP contribution in [-0.4, -0.2) is 12.3 Å². The molecule has 0 spiro atoms. The van der Waals surface area contributed by atoms with Crippen molar-refractivity contribution in [3.63, 3.8) is 0 Å². The van der Waals surface area contributed by atoms with Gasteiger partial charge in [0.15, 0.2) is 0 Å². The molecule has 1 aromatic carbocycles. The van der Waals surface area contributed by atoms with Gasteiger partial charge in [-0.2, -0.15) is 0 Å². The van der Waals surface area contributed by atoms with Crippen LogP contribution in [0.15, 0.2) is 36.0 Å². The Labute approximate surface area is 123 Å². The molecule has 1 aliphatic heterocycles. The maximum Gasteiger partial charge on any atom is 0.234 e. The molecule has 2 atom stereocenters. The summed E-state index contributed by atoms with van der Waals surface area (Å²) in [6.45, 7) is 3.86. The third-order valence-electron chi connectivity index (χ3n) is 4.31. The molecule has 0 aliphatic carbocycles. The van der Waals surface area contributed by atoms with E-state index in [-0.39, 0.29) is 17.8 Å². The number of nitrogens with one attached hydrogen (secondary N) is 2. The Hall–Kier alpha value is -2.17. The first-order valence-electron chi connectivity index (χ1n) is 6.97. The number of rotatable bonds is 6. The SMILES string of the molecule is CCC1(CC(NC=O)c2ccc(F)cc2)C(=O)NC=C1C. The normalized spacial score (nSPS) is 22.4. The van der Waals surface area contributed by atoms with Crippen molar-refractivity contribution >= 4 is 12.3 Å². The average Bonchev–Trinajstić information content (AvgIpc) is 2.76. The highest BCUT2D eigenvalue weighted by atomic mass is 19.1. The van der Waals surface area contributed by atoms with Crippen LogP contribution in [-0.2, 0) is 9.59 Å². The predicted octanol–water partition coefficient (Wildman–Crippen LogP) is 2.43. The summed E-state index contributed by atoms with van der Waals surface area (Å²) in [5, 5.41) is 5.48. The van der Waals surface area contributed by atoms with E-state index in [1.54, 1.807) is 18.3 Å². The Morgan fingerprint density at radius 1 is 1.38 bits per heavy atom. The fourth-order valence-corrected chi connectivity index (χ4v) is 2.87. The molecule has 1 heterocycles. The fraction of sp³-hybridized carbons (Fsp3) is 0.375. The van der Waals surface area contributed by atoms with Gasteiger partial charge < -0.3 is 10.6 Å². The van der Waals surface area contributed by atoms with Crippen LogP contribution >= 0.6 is 0 Å². The van der Waals surface area contributed by atoms with Crippen molar-refractivity contribution in [2.24, 2.45) is 5.41 Å². The van der Waals surface area contributed by atoms with Gasteiger partial charge in [-0.25, -0.2) is 4.39 Å². The first-order valence-corrected chi connectivity index (χ1v) is 6.97. The Morgan fingerprint density at radius 3 is 2.52 bits per heavy atom. The Kier molecular flexibility index (Phi) is 4.40. The standard InChI is InChI=1S/C16H19FN2O2/c1-3-16(11(2)9-18-15(16)21)8-14(19-10-20)12-4-6-13(17)7-5-12/h4-7,9-10,14H,3,8H2,1-2H3,(H,18,21)(H,19,20). The first kappa shape index (κ1) is 15.2. The van der Waals surface area contributed by atoms with Crippen molar-refractivity contribution in [3.05, 3.63) is 47.4 Å². The summed E-state index contributed by atoms with van der Waals surface area (Å²) in [6.07, 6.45) is 3.42. The van der Waals surface area contributed by atoms with Crippen LogP contribution in [0.1, 0.15) is 38.3 Å². The van der Waals surface area contributed by atoms with Crippen LogP contribution < -0.4 is 10.6 Å². The van der Waals surface area contributed by atoms with Crippen LogP contribution in [0.2, 0.25) is 0 Å². The molecule has 2 rings (SSSR count). The van der Waals surface area contributed by atoms with Gasteiger partial charge in [-0.15, -0.1) is 0 Å². The Morgan fingerprint density at radius 2 is 2.05 bits per heavy atom. The first-order chi connectivity index (χ1) is 10.0.